The summed E-state index contributed by atoms with van der Waals surface area (Å²) in [5, 5.41) is 8.85. The van der Waals surface area contributed by atoms with E-state index in [1.165, 1.54) is 0 Å². The maximum Gasteiger partial charge on any atom is 0.251 e. The van der Waals surface area contributed by atoms with Crippen LogP contribution < -0.4 is 4.90 Å². The Balaban J connectivity index is 2.21. The number of carbonyl (C=O) groups is 1. The molecule has 0 saturated carbocycles. The van der Waals surface area contributed by atoms with Crippen LogP contribution in [0.5, 0.6) is 0 Å². The third-order valence-corrected chi connectivity index (χ3v) is 2.25. The maximum atomic E-state index is 11.3. The molecule has 1 aromatic rings. The van der Waals surface area contributed by atoms with E-state index in [1.54, 1.807) is 11.0 Å². The first-order valence-corrected chi connectivity index (χ1v) is 4.49. The molecule has 1 aliphatic rings. The highest BCUT2D eigenvalue weighted by Crippen LogP contribution is 2.18. The molecule has 0 aliphatic carbocycles. The van der Waals surface area contributed by atoms with Crippen LogP contribution in [0, 0.1) is 0 Å². The molecule has 0 radical (unpaired) electrons. The van der Waals surface area contributed by atoms with E-state index in [-0.39, 0.29) is 12.5 Å². The summed E-state index contributed by atoms with van der Waals surface area (Å²) in [6, 6.07) is 7.33. The fourth-order valence-corrected chi connectivity index (χ4v) is 1.45. The largest absolute Gasteiger partial charge is 0.392 e. The van der Waals surface area contributed by atoms with Gasteiger partial charge in [-0.15, -0.1) is 0 Å². The van der Waals surface area contributed by atoms with Crippen molar-refractivity contribution in [3.8, 4) is 0 Å². The number of hydrogen-bond donors (Lipinski definition) is 1. The van der Waals surface area contributed by atoms with E-state index in [2.05, 4.69) is 0 Å². The van der Waals surface area contributed by atoms with Crippen LogP contribution in [-0.4, -0.2) is 17.6 Å². The summed E-state index contributed by atoms with van der Waals surface area (Å²) in [5.41, 5.74) is 1.73. The van der Waals surface area contributed by atoms with Gasteiger partial charge in [-0.1, -0.05) is 18.2 Å². The molecule has 0 spiro atoms. The van der Waals surface area contributed by atoms with Crippen molar-refractivity contribution < 1.29 is 9.90 Å². The lowest BCUT2D eigenvalue weighted by atomic mass is 10.2. The average Bonchev–Trinajstić information content (AvgIpc) is 2.65. The van der Waals surface area contributed by atoms with Crippen LogP contribution >= 0.6 is 0 Å². The van der Waals surface area contributed by atoms with Gasteiger partial charge in [-0.25, -0.2) is 0 Å². The van der Waals surface area contributed by atoms with Crippen LogP contribution in [-0.2, 0) is 11.4 Å². The zero-order valence-electron chi connectivity index (χ0n) is 7.68. The molecule has 0 aromatic heterocycles. The summed E-state index contributed by atoms with van der Waals surface area (Å²) < 4.78 is 0. The summed E-state index contributed by atoms with van der Waals surface area (Å²) in [6.45, 7) is 0.670. The summed E-state index contributed by atoms with van der Waals surface area (Å²) in [4.78, 5) is 13.0. The number of hydrogen-bond acceptors (Lipinski definition) is 2. The Labute approximate surface area is 82.3 Å². The SMILES string of the molecule is O=C1C=CCN1c1ccc(CO)cc1. The molecule has 0 saturated heterocycles. The molecule has 0 atom stereocenters. The molecule has 0 fully saturated rings. The first kappa shape index (κ1) is 8.97. The second-order valence-electron chi connectivity index (χ2n) is 3.18. The first-order valence-electron chi connectivity index (χ1n) is 4.49. The zero-order valence-corrected chi connectivity index (χ0v) is 7.68. The zero-order chi connectivity index (χ0) is 9.97. The third-order valence-electron chi connectivity index (χ3n) is 2.25. The number of rotatable bonds is 2. The van der Waals surface area contributed by atoms with Crippen molar-refractivity contribution in [3.05, 3.63) is 42.0 Å². The quantitative estimate of drug-likeness (QED) is 0.756. The van der Waals surface area contributed by atoms with Crippen molar-refractivity contribution in [2.45, 2.75) is 6.61 Å². The Morgan fingerprint density at radius 2 is 2.00 bits per heavy atom. The lowest BCUT2D eigenvalue weighted by molar-refractivity contribution is -0.113. The minimum atomic E-state index is 0.0155. The molecule has 0 bridgehead atoms. The smallest absolute Gasteiger partial charge is 0.251 e. The predicted molar refractivity (Wildman–Crippen MR) is 53.9 cm³/mol. The van der Waals surface area contributed by atoms with Crippen LogP contribution in [0.3, 0.4) is 0 Å². The van der Waals surface area contributed by atoms with Gasteiger partial charge in [0.2, 0.25) is 0 Å². The van der Waals surface area contributed by atoms with E-state index < -0.39 is 0 Å². The van der Waals surface area contributed by atoms with E-state index in [0.29, 0.717) is 6.54 Å². The molecular formula is C11H11NO2. The van der Waals surface area contributed by atoms with Crippen LogP contribution in [0.1, 0.15) is 5.56 Å². The normalized spacial score (nSPS) is 15.2. The lowest BCUT2D eigenvalue weighted by Gasteiger charge is -2.15. The Hall–Kier alpha value is -1.61. The van der Waals surface area contributed by atoms with Gasteiger partial charge >= 0.3 is 0 Å². The van der Waals surface area contributed by atoms with E-state index >= 15 is 0 Å². The molecule has 1 aliphatic heterocycles. The molecule has 3 heteroatoms. The van der Waals surface area contributed by atoms with Crippen LogP contribution in [0.4, 0.5) is 5.69 Å². The van der Waals surface area contributed by atoms with Crippen molar-refractivity contribution in [3.63, 3.8) is 0 Å². The van der Waals surface area contributed by atoms with Gasteiger partial charge < -0.3 is 10.0 Å². The van der Waals surface area contributed by atoms with E-state index in [0.717, 1.165) is 11.3 Å². The van der Waals surface area contributed by atoms with Crippen molar-refractivity contribution in [1.29, 1.82) is 0 Å². The molecule has 0 unspecified atom stereocenters. The number of aliphatic hydroxyl groups excluding tert-OH is 1. The molecular weight excluding hydrogens is 178 g/mol. The number of nitrogens with zero attached hydrogens (tertiary/aromatic N) is 1. The second-order valence-corrected chi connectivity index (χ2v) is 3.18. The molecule has 1 heterocycles. The fraction of sp³-hybridized carbons (Fsp3) is 0.182. The van der Waals surface area contributed by atoms with Crippen molar-refractivity contribution in [1.82, 2.24) is 0 Å². The molecule has 1 N–H and O–H groups in total. The molecule has 3 nitrogen and oxygen atoms in total. The molecule has 1 amide bonds. The van der Waals surface area contributed by atoms with Crippen LogP contribution in [0.2, 0.25) is 0 Å². The van der Waals surface area contributed by atoms with E-state index in [4.69, 9.17) is 5.11 Å². The Morgan fingerprint density at radius 3 is 2.50 bits per heavy atom. The lowest BCUT2D eigenvalue weighted by Crippen LogP contribution is -2.24. The van der Waals surface area contributed by atoms with Gasteiger partial charge in [0, 0.05) is 18.3 Å². The van der Waals surface area contributed by atoms with Crippen molar-refractivity contribution in [2.75, 3.05) is 11.4 Å². The molecule has 2 rings (SSSR count). The fourth-order valence-electron chi connectivity index (χ4n) is 1.45. The summed E-state index contributed by atoms with van der Waals surface area (Å²) in [6.07, 6.45) is 3.41. The summed E-state index contributed by atoms with van der Waals surface area (Å²) >= 11 is 0. The number of amides is 1. The molecule has 72 valence electrons. The van der Waals surface area contributed by atoms with Gasteiger partial charge in [0.15, 0.2) is 0 Å². The van der Waals surface area contributed by atoms with Gasteiger partial charge in [-0.05, 0) is 17.7 Å². The third kappa shape index (κ3) is 1.54. The Morgan fingerprint density at radius 1 is 1.29 bits per heavy atom. The maximum absolute atomic E-state index is 11.3. The molecule has 14 heavy (non-hydrogen) atoms. The number of aliphatic hydroxyl groups is 1. The standard InChI is InChI=1S/C11H11NO2/c13-8-9-3-5-10(6-4-9)12-7-1-2-11(12)14/h1-6,13H,7-8H2. The summed E-state index contributed by atoms with van der Waals surface area (Å²) in [7, 11) is 0. The highest BCUT2D eigenvalue weighted by atomic mass is 16.3. The minimum absolute atomic E-state index is 0.0155. The monoisotopic (exact) mass is 189 g/mol. The number of anilines is 1. The predicted octanol–water partition coefficient (Wildman–Crippen LogP) is 1.08. The van der Waals surface area contributed by atoms with Gasteiger partial charge in [0.05, 0.1) is 6.61 Å². The summed E-state index contributed by atoms with van der Waals surface area (Å²) in [5.74, 6) is 0.0155. The number of benzene rings is 1. The van der Waals surface area contributed by atoms with E-state index in [1.807, 2.05) is 30.3 Å². The van der Waals surface area contributed by atoms with Crippen LogP contribution in [0.25, 0.3) is 0 Å². The van der Waals surface area contributed by atoms with Gasteiger partial charge in [0.25, 0.3) is 5.91 Å². The van der Waals surface area contributed by atoms with Gasteiger partial charge in [-0.2, -0.15) is 0 Å². The molecule has 1 aromatic carbocycles. The minimum Gasteiger partial charge on any atom is -0.392 e. The topological polar surface area (TPSA) is 40.5 Å². The average molecular weight is 189 g/mol. The van der Waals surface area contributed by atoms with Gasteiger partial charge in [-0.3, -0.25) is 4.79 Å². The highest BCUT2D eigenvalue weighted by Gasteiger charge is 2.15. The van der Waals surface area contributed by atoms with Gasteiger partial charge in [0.1, 0.15) is 0 Å². The van der Waals surface area contributed by atoms with Crippen molar-refractivity contribution >= 4 is 11.6 Å². The highest BCUT2D eigenvalue weighted by molar-refractivity contribution is 6.04. The Bertz CT molecular complexity index is 367. The number of carbonyl (C=O) groups excluding carboxylic acids is 1. The Kier molecular flexibility index (Phi) is 2.33. The second kappa shape index (κ2) is 3.64. The van der Waals surface area contributed by atoms with E-state index in [9.17, 15) is 4.79 Å². The van der Waals surface area contributed by atoms with Crippen molar-refractivity contribution in [2.24, 2.45) is 0 Å². The van der Waals surface area contributed by atoms with Crippen LogP contribution in [0.15, 0.2) is 36.4 Å². The first-order chi connectivity index (χ1) is 6.81.